The minimum atomic E-state index is -0.319. The third kappa shape index (κ3) is 1.84. The van der Waals surface area contributed by atoms with Crippen molar-refractivity contribution in [3.05, 3.63) is 41.2 Å². The van der Waals surface area contributed by atoms with Crippen molar-refractivity contribution in [1.82, 2.24) is 0 Å². The number of nitrogens with two attached hydrogens (primary N) is 1. The second-order valence-corrected chi connectivity index (χ2v) is 3.38. The highest BCUT2D eigenvalue weighted by atomic mass is 14.7. The maximum atomic E-state index is 6.76. The predicted molar refractivity (Wildman–Crippen MR) is 49.9 cm³/mol. The van der Waals surface area contributed by atoms with E-state index in [9.17, 15) is 0 Å². The van der Waals surface area contributed by atoms with Gasteiger partial charge in [-0.05, 0) is 19.4 Å². The molecule has 1 rings (SSSR count). The molecule has 1 aromatic rings. The molecule has 1 aromatic carbocycles. The standard InChI is InChI=1S/C10H12N2/c1-10(2,11)8-4-6-9(12-3)7-5-8/h4-7H,11H2,1-2H3. The quantitative estimate of drug-likeness (QED) is 0.628. The summed E-state index contributed by atoms with van der Waals surface area (Å²) in [7, 11) is 0. The van der Waals surface area contributed by atoms with E-state index >= 15 is 0 Å². The first kappa shape index (κ1) is 8.76. The van der Waals surface area contributed by atoms with Gasteiger partial charge in [-0.1, -0.05) is 24.3 Å². The van der Waals surface area contributed by atoms with Gasteiger partial charge in [-0.15, -0.1) is 0 Å². The molecule has 2 heteroatoms. The number of benzene rings is 1. The Bertz CT molecular complexity index is 298. The fourth-order valence-corrected chi connectivity index (χ4v) is 0.966. The van der Waals surface area contributed by atoms with Crippen LogP contribution in [0.25, 0.3) is 4.85 Å². The SMILES string of the molecule is [C-]#[N+]c1ccc(C(C)(C)N)cc1. The highest BCUT2D eigenvalue weighted by Gasteiger charge is 2.12. The van der Waals surface area contributed by atoms with Crippen molar-refractivity contribution in [3.63, 3.8) is 0 Å². The Balaban J connectivity index is 3.02. The molecule has 2 nitrogen and oxygen atoms in total. The van der Waals surface area contributed by atoms with Crippen LogP contribution in [0.5, 0.6) is 0 Å². The molecule has 0 saturated carbocycles. The van der Waals surface area contributed by atoms with Gasteiger partial charge in [-0.2, -0.15) is 0 Å². The fourth-order valence-electron chi connectivity index (χ4n) is 0.966. The van der Waals surface area contributed by atoms with E-state index in [1.807, 2.05) is 26.0 Å². The lowest BCUT2D eigenvalue weighted by molar-refractivity contribution is 0.554. The minimum Gasteiger partial charge on any atom is -0.322 e. The summed E-state index contributed by atoms with van der Waals surface area (Å²) in [5.41, 5.74) is 7.26. The summed E-state index contributed by atoms with van der Waals surface area (Å²) >= 11 is 0. The lowest BCUT2D eigenvalue weighted by atomic mass is 9.96. The zero-order valence-corrected chi connectivity index (χ0v) is 7.33. The number of nitrogens with zero attached hydrogens (tertiary/aromatic N) is 1. The van der Waals surface area contributed by atoms with Crippen LogP contribution in [0.2, 0.25) is 0 Å². The molecule has 0 atom stereocenters. The summed E-state index contributed by atoms with van der Waals surface area (Å²) in [6, 6.07) is 7.37. The molecule has 12 heavy (non-hydrogen) atoms. The molecule has 0 amide bonds. The molecule has 0 fully saturated rings. The van der Waals surface area contributed by atoms with E-state index in [4.69, 9.17) is 12.3 Å². The zero-order valence-electron chi connectivity index (χ0n) is 7.33. The van der Waals surface area contributed by atoms with E-state index < -0.39 is 0 Å². The maximum absolute atomic E-state index is 6.76. The van der Waals surface area contributed by atoms with Crippen molar-refractivity contribution in [2.45, 2.75) is 19.4 Å². The lowest BCUT2D eigenvalue weighted by Gasteiger charge is -2.18. The molecule has 62 valence electrons. The predicted octanol–water partition coefficient (Wildman–Crippen LogP) is 2.43. The topological polar surface area (TPSA) is 30.4 Å². The van der Waals surface area contributed by atoms with Gasteiger partial charge in [0.1, 0.15) is 0 Å². The van der Waals surface area contributed by atoms with Gasteiger partial charge in [0, 0.05) is 5.54 Å². The van der Waals surface area contributed by atoms with Gasteiger partial charge in [0.2, 0.25) is 0 Å². The highest BCUT2D eigenvalue weighted by molar-refractivity contribution is 5.46. The van der Waals surface area contributed by atoms with Gasteiger partial charge in [0.25, 0.3) is 0 Å². The number of hydrogen-bond donors (Lipinski definition) is 1. The monoisotopic (exact) mass is 160 g/mol. The van der Waals surface area contributed by atoms with E-state index in [1.54, 1.807) is 12.1 Å². The van der Waals surface area contributed by atoms with Crippen molar-refractivity contribution in [2.24, 2.45) is 5.73 Å². The molecule has 0 aliphatic rings. The van der Waals surface area contributed by atoms with Crippen LogP contribution in [-0.4, -0.2) is 0 Å². The van der Waals surface area contributed by atoms with E-state index in [2.05, 4.69) is 4.85 Å². The molecular weight excluding hydrogens is 148 g/mol. The van der Waals surface area contributed by atoms with Crippen LogP contribution in [0, 0.1) is 6.57 Å². The molecule has 0 aromatic heterocycles. The third-order valence-electron chi connectivity index (χ3n) is 1.74. The van der Waals surface area contributed by atoms with Crippen LogP contribution in [-0.2, 0) is 5.54 Å². The Kier molecular flexibility index (Phi) is 2.16. The molecule has 2 N–H and O–H groups in total. The Morgan fingerprint density at radius 1 is 1.25 bits per heavy atom. The second-order valence-electron chi connectivity index (χ2n) is 3.38. The Labute approximate surface area is 72.8 Å². The molecular formula is C10H12N2. The third-order valence-corrected chi connectivity index (χ3v) is 1.74. The maximum Gasteiger partial charge on any atom is 0.187 e. The summed E-state index contributed by atoms with van der Waals surface area (Å²) in [4.78, 5) is 3.30. The van der Waals surface area contributed by atoms with E-state index in [-0.39, 0.29) is 5.54 Å². The van der Waals surface area contributed by atoms with Crippen molar-refractivity contribution in [1.29, 1.82) is 0 Å². The van der Waals surface area contributed by atoms with Crippen molar-refractivity contribution < 1.29 is 0 Å². The normalized spacial score (nSPS) is 10.8. The van der Waals surface area contributed by atoms with Crippen LogP contribution in [0.1, 0.15) is 19.4 Å². The van der Waals surface area contributed by atoms with E-state index in [0.717, 1.165) is 5.56 Å². The highest BCUT2D eigenvalue weighted by Crippen LogP contribution is 2.20. The average molecular weight is 160 g/mol. The Hall–Kier alpha value is -1.33. The summed E-state index contributed by atoms with van der Waals surface area (Å²) in [5.74, 6) is 0. The van der Waals surface area contributed by atoms with E-state index in [1.165, 1.54) is 0 Å². The first-order valence-electron chi connectivity index (χ1n) is 3.81. The summed E-state index contributed by atoms with van der Waals surface area (Å²) in [6.07, 6.45) is 0. The molecule has 0 radical (unpaired) electrons. The van der Waals surface area contributed by atoms with E-state index in [0.29, 0.717) is 5.69 Å². The average Bonchev–Trinajstić information content (AvgIpc) is 2.03. The smallest absolute Gasteiger partial charge is 0.187 e. The largest absolute Gasteiger partial charge is 0.322 e. The van der Waals surface area contributed by atoms with Gasteiger partial charge >= 0.3 is 0 Å². The zero-order chi connectivity index (χ0) is 9.19. The van der Waals surface area contributed by atoms with Gasteiger partial charge in [-0.25, -0.2) is 4.85 Å². The summed E-state index contributed by atoms with van der Waals surface area (Å²) < 4.78 is 0. The Morgan fingerprint density at radius 3 is 2.08 bits per heavy atom. The van der Waals surface area contributed by atoms with Crippen molar-refractivity contribution in [3.8, 4) is 0 Å². The molecule has 0 unspecified atom stereocenters. The Morgan fingerprint density at radius 2 is 1.75 bits per heavy atom. The fraction of sp³-hybridized carbons (Fsp3) is 0.300. The summed E-state index contributed by atoms with van der Waals surface area (Å²) in [5, 5.41) is 0. The van der Waals surface area contributed by atoms with Gasteiger partial charge in [-0.3, -0.25) is 0 Å². The lowest BCUT2D eigenvalue weighted by Crippen LogP contribution is -2.28. The van der Waals surface area contributed by atoms with Crippen LogP contribution >= 0.6 is 0 Å². The van der Waals surface area contributed by atoms with Crippen LogP contribution < -0.4 is 5.73 Å². The van der Waals surface area contributed by atoms with Gasteiger partial charge < -0.3 is 5.73 Å². The second kappa shape index (κ2) is 2.96. The molecule has 0 aliphatic heterocycles. The van der Waals surface area contributed by atoms with Gasteiger partial charge in [0.15, 0.2) is 5.69 Å². The first-order chi connectivity index (χ1) is 5.54. The van der Waals surface area contributed by atoms with Gasteiger partial charge in [0.05, 0.1) is 6.57 Å². The molecule has 0 saturated heterocycles. The summed E-state index contributed by atoms with van der Waals surface area (Å²) in [6.45, 7) is 10.7. The molecule has 0 bridgehead atoms. The van der Waals surface area contributed by atoms with Crippen molar-refractivity contribution >= 4 is 5.69 Å². The van der Waals surface area contributed by atoms with Crippen molar-refractivity contribution in [2.75, 3.05) is 0 Å². The van der Waals surface area contributed by atoms with Crippen LogP contribution in [0.4, 0.5) is 5.69 Å². The number of hydrogen-bond acceptors (Lipinski definition) is 1. The van der Waals surface area contributed by atoms with Crippen LogP contribution in [0.15, 0.2) is 24.3 Å². The number of rotatable bonds is 1. The molecule has 0 heterocycles. The minimum absolute atomic E-state index is 0.319. The molecule has 0 aliphatic carbocycles. The molecule has 0 spiro atoms. The first-order valence-corrected chi connectivity index (χ1v) is 3.81. The van der Waals surface area contributed by atoms with Crippen LogP contribution in [0.3, 0.4) is 0 Å².